The third kappa shape index (κ3) is 2.47. The molecule has 2 aromatic rings. The van der Waals surface area contributed by atoms with E-state index in [4.69, 9.17) is 0 Å². The summed E-state index contributed by atoms with van der Waals surface area (Å²) in [6, 6.07) is 13.9. The van der Waals surface area contributed by atoms with E-state index in [2.05, 4.69) is 0 Å². The van der Waals surface area contributed by atoms with E-state index in [1.165, 1.54) is 0 Å². The summed E-state index contributed by atoms with van der Waals surface area (Å²) in [5.41, 5.74) is 4.07. The van der Waals surface area contributed by atoms with Crippen molar-refractivity contribution in [3.63, 3.8) is 0 Å². The van der Waals surface area contributed by atoms with Gasteiger partial charge < -0.3 is 10.2 Å². The smallest absolute Gasteiger partial charge is 0.115 e. The lowest BCUT2D eigenvalue weighted by Crippen LogP contribution is -1.93. The first-order valence-corrected chi connectivity index (χ1v) is 7.78. The zero-order valence-corrected chi connectivity index (χ0v) is 11.6. The van der Waals surface area contributed by atoms with Gasteiger partial charge in [0, 0.05) is 22.3 Å². The van der Waals surface area contributed by atoms with Crippen molar-refractivity contribution in [1.29, 1.82) is 0 Å². The molecule has 4 heteroatoms. The zero-order chi connectivity index (χ0) is 14.1. The Balaban J connectivity index is 2.08. The van der Waals surface area contributed by atoms with Gasteiger partial charge in [0.2, 0.25) is 0 Å². The molecule has 3 rings (SSSR count). The molecule has 0 saturated heterocycles. The molecule has 0 bridgehead atoms. The van der Waals surface area contributed by atoms with Gasteiger partial charge in [0.15, 0.2) is 0 Å². The fraction of sp³-hybridized carbons (Fsp3) is 0.125. The number of benzene rings is 2. The van der Waals surface area contributed by atoms with Gasteiger partial charge >= 0.3 is 0 Å². The molecule has 102 valence electrons. The normalized spacial score (nSPS) is 15.8. The van der Waals surface area contributed by atoms with Crippen LogP contribution in [0.5, 0.6) is 11.5 Å². The van der Waals surface area contributed by atoms with Crippen LogP contribution in [-0.4, -0.2) is 25.9 Å². The van der Waals surface area contributed by atoms with Crippen LogP contribution in [0.3, 0.4) is 0 Å². The largest absolute Gasteiger partial charge is 0.508 e. The maximum Gasteiger partial charge on any atom is 0.115 e. The second kappa shape index (κ2) is 5.13. The lowest BCUT2D eigenvalue weighted by atomic mass is 9.97. The highest BCUT2D eigenvalue weighted by atomic mass is 32.2. The molecular weight excluding hydrogens is 272 g/mol. The molecule has 1 aliphatic heterocycles. The maximum absolute atomic E-state index is 11.9. The Hall–Kier alpha value is -2.07. The van der Waals surface area contributed by atoms with Crippen molar-refractivity contribution in [2.75, 3.05) is 11.5 Å². The van der Waals surface area contributed by atoms with E-state index in [9.17, 15) is 14.4 Å². The highest BCUT2D eigenvalue weighted by Gasteiger charge is 2.22. The Bertz CT molecular complexity index is 625. The maximum atomic E-state index is 11.9. The van der Waals surface area contributed by atoms with Crippen LogP contribution >= 0.6 is 0 Å². The monoisotopic (exact) mass is 286 g/mol. The van der Waals surface area contributed by atoms with Gasteiger partial charge in [0.05, 0.1) is 0 Å². The zero-order valence-electron chi connectivity index (χ0n) is 10.7. The molecule has 0 spiro atoms. The van der Waals surface area contributed by atoms with Crippen LogP contribution in [0.4, 0.5) is 0 Å². The van der Waals surface area contributed by atoms with Crippen molar-refractivity contribution in [1.82, 2.24) is 0 Å². The number of phenols is 2. The van der Waals surface area contributed by atoms with E-state index >= 15 is 0 Å². The fourth-order valence-corrected chi connectivity index (χ4v) is 3.82. The first-order valence-electron chi connectivity index (χ1n) is 6.29. The Kier molecular flexibility index (Phi) is 3.32. The molecule has 0 unspecified atom stereocenters. The number of hydrogen-bond donors (Lipinski definition) is 2. The number of rotatable bonds is 2. The van der Waals surface area contributed by atoms with Gasteiger partial charge in [-0.3, -0.25) is 4.21 Å². The van der Waals surface area contributed by atoms with Crippen molar-refractivity contribution in [2.24, 2.45) is 0 Å². The van der Waals surface area contributed by atoms with Gasteiger partial charge in [-0.05, 0) is 46.5 Å². The molecule has 2 N–H and O–H groups in total. The van der Waals surface area contributed by atoms with Gasteiger partial charge in [-0.2, -0.15) is 0 Å². The van der Waals surface area contributed by atoms with Crippen molar-refractivity contribution < 1.29 is 14.4 Å². The highest BCUT2D eigenvalue weighted by Crippen LogP contribution is 2.34. The van der Waals surface area contributed by atoms with Gasteiger partial charge in [0.1, 0.15) is 11.5 Å². The topological polar surface area (TPSA) is 57.5 Å². The van der Waals surface area contributed by atoms with E-state index in [1.54, 1.807) is 24.3 Å². The van der Waals surface area contributed by atoms with E-state index in [0.717, 1.165) is 22.3 Å². The number of phenolic OH excluding ortho intramolecular Hbond substituents is 2. The predicted octanol–water partition coefficient (Wildman–Crippen LogP) is 2.77. The van der Waals surface area contributed by atoms with E-state index in [1.807, 2.05) is 24.3 Å². The minimum absolute atomic E-state index is 0.222. The molecule has 0 amide bonds. The van der Waals surface area contributed by atoms with Crippen LogP contribution in [0.15, 0.2) is 48.5 Å². The summed E-state index contributed by atoms with van der Waals surface area (Å²) in [5.74, 6) is 1.50. The Morgan fingerprint density at radius 3 is 1.40 bits per heavy atom. The summed E-state index contributed by atoms with van der Waals surface area (Å²) in [4.78, 5) is 0. The SMILES string of the molecule is O=S1CC(c2ccc(O)cc2)=C(c2ccc(O)cc2)C1. The third-order valence-corrected chi connectivity index (χ3v) is 4.63. The summed E-state index contributed by atoms with van der Waals surface area (Å²) >= 11 is 0. The summed E-state index contributed by atoms with van der Waals surface area (Å²) in [7, 11) is -0.894. The minimum atomic E-state index is -0.894. The summed E-state index contributed by atoms with van der Waals surface area (Å²) in [6.07, 6.45) is 0. The second-order valence-electron chi connectivity index (χ2n) is 4.78. The molecule has 0 fully saturated rings. The Labute approximate surface area is 119 Å². The van der Waals surface area contributed by atoms with Gasteiger partial charge in [0.25, 0.3) is 0 Å². The van der Waals surface area contributed by atoms with Crippen LogP contribution < -0.4 is 0 Å². The third-order valence-electron chi connectivity index (χ3n) is 3.41. The van der Waals surface area contributed by atoms with E-state index < -0.39 is 10.8 Å². The molecule has 2 aromatic carbocycles. The molecule has 0 aliphatic carbocycles. The quantitative estimate of drug-likeness (QED) is 0.892. The molecule has 1 aliphatic rings. The van der Waals surface area contributed by atoms with E-state index in [0.29, 0.717) is 11.5 Å². The van der Waals surface area contributed by atoms with Crippen LogP contribution in [0, 0.1) is 0 Å². The van der Waals surface area contributed by atoms with Gasteiger partial charge in [-0.25, -0.2) is 0 Å². The average molecular weight is 286 g/mol. The standard InChI is InChI=1S/C16H14O3S/c17-13-5-1-11(2-6-13)15-9-20(19)10-16(15)12-3-7-14(18)8-4-12/h1-8,17-18H,9-10H2. The van der Waals surface area contributed by atoms with Crippen molar-refractivity contribution in [2.45, 2.75) is 0 Å². The molecule has 0 aromatic heterocycles. The lowest BCUT2D eigenvalue weighted by molar-refractivity contribution is 0.474. The summed E-state index contributed by atoms with van der Waals surface area (Å²) in [6.45, 7) is 0. The second-order valence-corrected chi connectivity index (χ2v) is 6.24. The van der Waals surface area contributed by atoms with E-state index in [-0.39, 0.29) is 11.5 Å². The molecule has 0 saturated carbocycles. The highest BCUT2D eigenvalue weighted by molar-refractivity contribution is 7.86. The molecular formula is C16H14O3S. The van der Waals surface area contributed by atoms with Gasteiger partial charge in [-0.15, -0.1) is 0 Å². The lowest BCUT2D eigenvalue weighted by Gasteiger charge is -2.07. The Morgan fingerprint density at radius 2 is 1.05 bits per heavy atom. The summed E-state index contributed by atoms with van der Waals surface area (Å²) < 4.78 is 11.9. The minimum Gasteiger partial charge on any atom is -0.508 e. The number of aromatic hydroxyl groups is 2. The van der Waals surface area contributed by atoms with Gasteiger partial charge in [-0.1, -0.05) is 24.3 Å². The van der Waals surface area contributed by atoms with Crippen molar-refractivity contribution >= 4 is 21.9 Å². The predicted molar refractivity (Wildman–Crippen MR) is 80.9 cm³/mol. The molecule has 0 atom stereocenters. The van der Waals surface area contributed by atoms with Crippen LogP contribution in [0.2, 0.25) is 0 Å². The van der Waals surface area contributed by atoms with Crippen molar-refractivity contribution in [3.8, 4) is 11.5 Å². The molecule has 1 heterocycles. The Morgan fingerprint density at radius 1 is 0.700 bits per heavy atom. The first kappa shape index (κ1) is 12.9. The molecule has 0 radical (unpaired) electrons. The van der Waals surface area contributed by atoms with Crippen LogP contribution in [0.1, 0.15) is 11.1 Å². The molecule has 20 heavy (non-hydrogen) atoms. The first-order chi connectivity index (χ1) is 9.63. The fourth-order valence-electron chi connectivity index (χ4n) is 2.39. The van der Waals surface area contributed by atoms with Crippen LogP contribution in [-0.2, 0) is 10.8 Å². The van der Waals surface area contributed by atoms with Crippen molar-refractivity contribution in [3.05, 3.63) is 59.7 Å². The summed E-state index contributed by atoms with van der Waals surface area (Å²) in [5, 5.41) is 18.7. The van der Waals surface area contributed by atoms with Crippen LogP contribution in [0.25, 0.3) is 11.1 Å². The molecule has 3 nitrogen and oxygen atoms in total. The average Bonchev–Trinajstić information content (AvgIpc) is 2.82. The number of hydrogen-bond acceptors (Lipinski definition) is 3.